The standard InChI is InChI=1S/C17H24N4O/c1-5-15-10-16(22-20-15)11-19-17(18-3)21(4)12-14-8-6-13(2)7-9-14/h6-10H,5,11-12H2,1-4H3,(H,18,19). The summed E-state index contributed by atoms with van der Waals surface area (Å²) in [6.07, 6.45) is 0.881. The summed E-state index contributed by atoms with van der Waals surface area (Å²) in [5.74, 6) is 1.65. The van der Waals surface area contributed by atoms with Crippen LogP contribution in [0.5, 0.6) is 0 Å². The van der Waals surface area contributed by atoms with Gasteiger partial charge in [-0.3, -0.25) is 4.99 Å². The minimum Gasteiger partial charge on any atom is -0.359 e. The average Bonchev–Trinajstić information content (AvgIpc) is 2.98. The fourth-order valence-electron chi connectivity index (χ4n) is 2.20. The van der Waals surface area contributed by atoms with E-state index in [1.807, 2.05) is 13.1 Å². The molecule has 0 unspecified atom stereocenters. The van der Waals surface area contributed by atoms with Crippen LogP contribution in [0.15, 0.2) is 39.8 Å². The van der Waals surface area contributed by atoms with Crippen LogP contribution in [-0.2, 0) is 19.5 Å². The van der Waals surface area contributed by atoms with Crippen LogP contribution in [0.25, 0.3) is 0 Å². The smallest absolute Gasteiger partial charge is 0.194 e. The minimum absolute atomic E-state index is 0.581. The van der Waals surface area contributed by atoms with Crippen LogP contribution >= 0.6 is 0 Å². The molecule has 22 heavy (non-hydrogen) atoms. The largest absolute Gasteiger partial charge is 0.359 e. The number of rotatable bonds is 5. The Balaban J connectivity index is 1.91. The van der Waals surface area contributed by atoms with Crippen LogP contribution in [0.4, 0.5) is 0 Å². The van der Waals surface area contributed by atoms with Crippen LogP contribution in [0.2, 0.25) is 0 Å². The van der Waals surface area contributed by atoms with Gasteiger partial charge in [0, 0.05) is 26.7 Å². The lowest BCUT2D eigenvalue weighted by Crippen LogP contribution is -2.37. The fourth-order valence-corrected chi connectivity index (χ4v) is 2.20. The second-order valence-electron chi connectivity index (χ2n) is 5.38. The Morgan fingerprint density at radius 1 is 1.32 bits per heavy atom. The SMILES string of the molecule is CCc1cc(CNC(=NC)N(C)Cc2ccc(C)cc2)on1. The molecule has 2 rings (SSSR count). The lowest BCUT2D eigenvalue weighted by atomic mass is 10.1. The number of guanidine groups is 1. The summed E-state index contributed by atoms with van der Waals surface area (Å²) in [5, 5.41) is 7.29. The van der Waals surface area contributed by atoms with Crippen molar-refractivity contribution in [3.8, 4) is 0 Å². The van der Waals surface area contributed by atoms with Gasteiger partial charge in [-0.05, 0) is 18.9 Å². The number of nitrogens with one attached hydrogen (secondary N) is 1. The fraction of sp³-hybridized carbons (Fsp3) is 0.412. The Morgan fingerprint density at radius 3 is 2.64 bits per heavy atom. The van der Waals surface area contributed by atoms with Gasteiger partial charge in [-0.2, -0.15) is 0 Å². The number of nitrogens with zero attached hydrogens (tertiary/aromatic N) is 3. The van der Waals surface area contributed by atoms with E-state index in [2.05, 4.69) is 58.5 Å². The Morgan fingerprint density at radius 2 is 2.05 bits per heavy atom. The number of aliphatic imine (C=N–C) groups is 1. The molecule has 1 N–H and O–H groups in total. The summed E-state index contributed by atoms with van der Waals surface area (Å²) < 4.78 is 5.28. The van der Waals surface area contributed by atoms with Gasteiger partial charge in [0.1, 0.15) is 0 Å². The highest BCUT2D eigenvalue weighted by atomic mass is 16.5. The second-order valence-corrected chi connectivity index (χ2v) is 5.38. The van der Waals surface area contributed by atoms with Crippen molar-refractivity contribution in [1.29, 1.82) is 0 Å². The van der Waals surface area contributed by atoms with Crippen molar-refractivity contribution in [1.82, 2.24) is 15.4 Å². The summed E-state index contributed by atoms with van der Waals surface area (Å²) in [5.41, 5.74) is 3.50. The molecule has 118 valence electrons. The molecule has 1 heterocycles. The van der Waals surface area contributed by atoms with E-state index in [0.717, 1.165) is 30.4 Å². The molecule has 0 amide bonds. The van der Waals surface area contributed by atoms with E-state index in [4.69, 9.17) is 4.52 Å². The maximum atomic E-state index is 5.28. The number of aryl methyl sites for hydroxylation is 2. The van der Waals surface area contributed by atoms with Crippen LogP contribution in [-0.4, -0.2) is 30.1 Å². The van der Waals surface area contributed by atoms with Gasteiger partial charge in [-0.15, -0.1) is 0 Å². The zero-order valence-corrected chi connectivity index (χ0v) is 13.8. The Kier molecular flexibility index (Phi) is 5.58. The average molecular weight is 300 g/mol. The van der Waals surface area contributed by atoms with Crippen LogP contribution in [0.1, 0.15) is 29.5 Å². The Hall–Kier alpha value is -2.30. The molecule has 0 aliphatic carbocycles. The van der Waals surface area contributed by atoms with E-state index in [1.165, 1.54) is 11.1 Å². The number of hydrogen-bond acceptors (Lipinski definition) is 3. The van der Waals surface area contributed by atoms with Crippen LogP contribution < -0.4 is 5.32 Å². The van der Waals surface area contributed by atoms with Gasteiger partial charge < -0.3 is 14.7 Å². The van der Waals surface area contributed by atoms with E-state index >= 15 is 0 Å². The molecule has 0 radical (unpaired) electrons. The minimum atomic E-state index is 0.581. The molecular formula is C17H24N4O. The van der Waals surface area contributed by atoms with Crippen molar-refractivity contribution in [2.75, 3.05) is 14.1 Å². The van der Waals surface area contributed by atoms with Crippen molar-refractivity contribution in [3.05, 3.63) is 52.9 Å². The zero-order chi connectivity index (χ0) is 15.9. The van der Waals surface area contributed by atoms with Crippen molar-refractivity contribution in [2.45, 2.75) is 33.4 Å². The predicted molar refractivity (Wildman–Crippen MR) is 88.7 cm³/mol. The molecule has 0 atom stereocenters. The monoisotopic (exact) mass is 300 g/mol. The van der Waals surface area contributed by atoms with Gasteiger partial charge in [0.2, 0.25) is 0 Å². The van der Waals surface area contributed by atoms with Crippen molar-refractivity contribution in [2.24, 2.45) is 4.99 Å². The summed E-state index contributed by atoms with van der Waals surface area (Å²) in [6.45, 7) is 5.54. The van der Waals surface area contributed by atoms with E-state index in [-0.39, 0.29) is 0 Å². The molecule has 0 bridgehead atoms. The molecule has 1 aromatic carbocycles. The quantitative estimate of drug-likeness (QED) is 0.681. The summed E-state index contributed by atoms with van der Waals surface area (Å²) in [6, 6.07) is 10.5. The molecule has 2 aromatic rings. The molecule has 0 saturated carbocycles. The topological polar surface area (TPSA) is 53.7 Å². The van der Waals surface area contributed by atoms with E-state index < -0.39 is 0 Å². The van der Waals surface area contributed by atoms with Gasteiger partial charge >= 0.3 is 0 Å². The summed E-state index contributed by atoms with van der Waals surface area (Å²) >= 11 is 0. The number of benzene rings is 1. The third-order valence-corrected chi connectivity index (χ3v) is 3.50. The van der Waals surface area contributed by atoms with E-state index in [0.29, 0.717) is 6.54 Å². The lowest BCUT2D eigenvalue weighted by Gasteiger charge is -2.21. The molecular weight excluding hydrogens is 276 g/mol. The molecule has 5 heteroatoms. The predicted octanol–water partition coefficient (Wildman–Crippen LogP) is 2.75. The van der Waals surface area contributed by atoms with Crippen molar-refractivity contribution >= 4 is 5.96 Å². The Labute approximate surface area is 132 Å². The molecule has 5 nitrogen and oxygen atoms in total. The van der Waals surface area contributed by atoms with Crippen molar-refractivity contribution < 1.29 is 4.52 Å². The molecule has 0 saturated heterocycles. The third kappa shape index (κ3) is 4.35. The van der Waals surface area contributed by atoms with Crippen LogP contribution in [0, 0.1) is 6.92 Å². The van der Waals surface area contributed by atoms with Gasteiger partial charge in [-0.25, -0.2) is 0 Å². The molecule has 0 aliphatic rings. The normalized spacial score (nSPS) is 11.5. The maximum Gasteiger partial charge on any atom is 0.194 e. The third-order valence-electron chi connectivity index (χ3n) is 3.50. The van der Waals surface area contributed by atoms with E-state index in [1.54, 1.807) is 7.05 Å². The first-order valence-electron chi connectivity index (χ1n) is 7.54. The zero-order valence-electron chi connectivity index (χ0n) is 13.8. The first-order valence-corrected chi connectivity index (χ1v) is 7.54. The molecule has 1 aromatic heterocycles. The van der Waals surface area contributed by atoms with Gasteiger partial charge in [-0.1, -0.05) is 41.9 Å². The van der Waals surface area contributed by atoms with Gasteiger partial charge in [0.25, 0.3) is 0 Å². The lowest BCUT2D eigenvalue weighted by molar-refractivity contribution is 0.371. The Bertz CT molecular complexity index is 616. The molecule has 0 spiro atoms. The highest BCUT2D eigenvalue weighted by Gasteiger charge is 2.08. The molecule has 0 fully saturated rings. The highest BCUT2D eigenvalue weighted by molar-refractivity contribution is 5.79. The van der Waals surface area contributed by atoms with Crippen molar-refractivity contribution in [3.63, 3.8) is 0 Å². The van der Waals surface area contributed by atoms with E-state index in [9.17, 15) is 0 Å². The second kappa shape index (κ2) is 7.64. The highest BCUT2D eigenvalue weighted by Crippen LogP contribution is 2.07. The maximum absolute atomic E-state index is 5.28. The van der Waals surface area contributed by atoms with Gasteiger partial charge in [0.05, 0.1) is 12.2 Å². The molecule has 0 aliphatic heterocycles. The van der Waals surface area contributed by atoms with Crippen LogP contribution in [0.3, 0.4) is 0 Å². The number of aromatic nitrogens is 1. The first kappa shape index (κ1) is 16.1. The summed E-state index contributed by atoms with van der Waals surface area (Å²) in [4.78, 5) is 6.40. The first-order chi connectivity index (χ1) is 10.6. The summed E-state index contributed by atoms with van der Waals surface area (Å²) in [7, 11) is 3.80. The van der Waals surface area contributed by atoms with Gasteiger partial charge in [0.15, 0.2) is 11.7 Å². The number of hydrogen-bond donors (Lipinski definition) is 1.